The molecular weight excluding hydrogens is 204 g/mol. The van der Waals surface area contributed by atoms with Gasteiger partial charge in [0.05, 0.1) is 10.6 Å². The topological polar surface area (TPSA) is 24.9 Å². The fourth-order valence-corrected chi connectivity index (χ4v) is 2.42. The Hall–Kier alpha value is -1.19. The number of hydrogen-bond acceptors (Lipinski definition) is 3. The average molecular weight is 218 g/mol. The Kier molecular flexibility index (Phi) is 3.14. The summed E-state index contributed by atoms with van der Waals surface area (Å²) >= 11 is 1.79. The highest BCUT2D eigenvalue weighted by Crippen LogP contribution is 2.29. The number of rotatable bonds is 3. The second kappa shape index (κ2) is 4.55. The van der Waals surface area contributed by atoms with E-state index in [1.807, 2.05) is 31.4 Å². The van der Waals surface area contributed by atoms with Gasteiger partial charge >= 0.3 is 0 Å². The van der Waals surface area contributed by atoms with Gasteiger partial charge in [0, 0.05) is 17.1 Å². The molecule has 0 aliphatic carbocycles. The second-order valence-corrected chi connectivity index (χ2v) is 4.54. The van der Waals surface area contributed by atoms with Crippen LogP contribution < -0.4 is 5.32 Å². The first-order valence-corrected chi connectivity index (χ1v) is 5.81. The van der Waals surface area contributed by atoms with E-state index < -0.39 is 0 Å². The Balaban J connectivity index is 2.28. The molecule has 0 spiro atoms. The molecule has 2 heterocycles. The van der Waals surface area contributed by atoms with Crippen molar-refractivity contribution in [3.63, 3.8) is 0 Å². The van der Waals surface area contributed by atoms with E-state index in [0.29, 0.717) is 6.04 Å². The minimum absolute atomic E-state index is 0.410. The van der Waals surface area contributed by atoms with Gasteiger partial charge in [-0.15, -0.1) is 11.3 Å². The second-order valence-electron chi connectivity index (χ2n) is 3.43. The van der Waals surface area contributed by atoms with Crippen LogP contribution in [0.5, 0.6) is 0 Å². The minimum Gasteiger partial charge on any atom is -0.313 e. The van der Waals surface area contributed by atoms with Crippen molar-refractivity contribution in [3.05, 3.63) is 41.4 Å². The Bertz CT molecular complexity index is 422. The van der Waals surface area contributed by atoms with Crippen LogP contribution in [-0.2, 0) is 0 Å². The lowest BCUT2D eigenvalue weighted by Crippen LogP contribution is -2.10. The van der Waals surface area contributed by atoms with E-state index in [-0.39, 0.29) is 0 Å². The number of nitrogens with one attached hydrogen (secondary N) is 1. The van der Waals surface area contributed by atoms with E-state index in [9.17, 15) is 0 Å². The fraction of sp³-hybridized carbons (Fsp3) is 0.250. The predicted octanol–water partition coefficient (Wildman–Crippen LogP) is 3.09. The SMILES string of the molecule is CNC(C)c1ccc(-c2ccccn2)s1. The molecule has 15 heavy (non-hydrogen) atoms. The van der Waals surface area contributed by atoms with Crippen LogP contribution in [0.15, 0.2) is 36.5 Å². The van der Waals surface area contributed by atoms with Crippen molar-refractivity contribution in [3.8, 4) is 10.6 Å². The smallest absolute Gasteiger partial charge is 0.0801 e. The highest BCUT2D eigenvalue weighted by Gasteiger charge is 2.07. The van der Waals surface area contributed by atoms with Crippen molar-refractivity contribution in [2.75, 3.05) is 7.05 Å². The number of pyridine rings is 1. The largest absolute Gasteiger partial charge is 0.313 e. The van der Waals surface area contributed by atoms with Crippen molar-refractivity contribution in [2.24, 2.45) is 0 Å². The zero-order chi connectivity index (χ0) is 10.7. The minimum atomic E-state index is 0.410. The van der Waals surface area contributed by atoms with E-state index in [4.69, 9.17) is 0 Å². The molecule has 2 rings (SSSR count). The molecule has 78 valence electrons. The molecule has 2 aromatic rings. The maximum Gasteiger partial charge on any atom is 0.0801 e. The van der Waals surface area contributed by atoms with Gasteiger partial charge in [0.1, 0.15) is 0 Å². The Morgan fingerprint density at radius 2 is 2.13 bits per heavy atom. The van der Waals surface area contributed by atoms with Gasteiger partial charge in [-0.25, -0.2) is 0 Å². The van der Waals surface area contributed by atoms with Crippen LogP contribution in [0.4, 0.5) is 0 Å². The quantitative estimate of drug-likeness (QED) is 0.856. The third kappa shape index (κ3) is 2.25. The summed E-state index contributed by atoms with van der Waals surface area (Å²) in [6.45, 7) is 2.16. The lowest BCUT2D eigenvalue weighted by Gasteiger charge is -2.05. The van der Waals surface area contributed by atoms with Crippen molar-refractivity contribution < 1.29 is 0 Å². The van der Waals surface area contributed by atoms with Gasteiger partial charge < -0.3 is 5.32 Å². The van der Waals surface area contributed by atoms with Crippen LogP contribution in [0.3, 0.4) is 0 Å². The maximum absolute atomic E-state index is 4.34. The van der Waals surface area contributed by atoms with Crippen molar-refractivity contribution in [2.45, 2.75) is 13.0 Å². The summed E-state index contributed by atoms with van der Waals surface area (Å²) in [5.74, 6) is 0. The van der Waals surface area contributed by atoms with Gasteiger partial charge in [-0.3, -0.25) is 4.98 Å². The van der Waals surface area contributed by atoms with Gasteiger partial charge in [0.2, 0.25) is 0 Å². The molecule has 0 aromatic carbocycles. The molecule has 3 heteroatoms. The van der Waals surface area contributed by atoms with E-state index >= 15 is 0 Å². The van der Waals surface area contributed by atoms with Crippen LogP contribution >= 0.6 is 11.3 Å². The molecule has 0 aliphatic rings. The third-order valence-corrected chi connectivity index (χ3v) is 3.69. The third-order valence-electron chi connectivity index (χ3n) is 2.40. The summed E-state index contributed by atoms with van der Waals surface area (Å²) in [6, 6.07) is 10.7. The van der Waals surface area contributed by atoms with Gasteiger partial charge in [0.25, 0.3) is 0 Å². The average Bonchev–Trinajstić information content (AvgIpc) is 2.78. The van der Waals surface area contributed by atoms with E-state index in [0.717, 1.165) is 5.69 Å². The highest BCUT2D eigenvalue weighted by atomic mass is 32.1. The van der Waals surface area contributed by atoms with Crippen LogP contribution in [0.2, 0.25) is 0 Å². The predicted molar refractivity (Wildman–Crippen MR) is 65.0 cm³/mol. The van der Waals surface area contributed by atoms with Crippen LogP contribution in [0.25, 0.3) is 10.6 Å². The molecule has 0 aliphatic heterocycles. The number of aromatic nitrogens is 1. The zero-order valence-electron chi connectivity index (χ0n) is 8.90. The summed E-state index contributed by atoms with van der Waals surface area (Å²) < 4.78 is 0. The highest BCUT2D eigenvalue weighted by molar-refractivity contribution is 7.15. The van der Waals surface area contributed by atoms with Crippen molar-refractivity contribution in [1.82, 2.24) is 10.3 Å². The monoisotopic (exact) mass is 218 g/mol. The van der Waals surface area contributed by atoms with Gasteiger partial charge in [-0.1, -0.05) is 6.07 Å². The molecule has 1 atom stereocenters. The lowest BCUT2D eigenvalue weighted by atomic mass is 10.2. The summed E-state index contributed by atoms with van der Waals surface area (Å²) in [7, 11) is 1.98. The number of nitrogens with zero attached hydrogens (tertiary/aromatic N) is 1. The first-order chi connectivity index (χ1) is 7.31. The standard InChI is InChI=1S/C12H14N2S/c1-9(13-2)11-6-7-12(15-11)10-5-3-4-8-14-10/h3-9,13H,1-2H3. The van der Waals surface area contributed by atoms with Gasteiger partial charge in [0.15, 0.2) is 0 Å². The molecule has 0 radical (unpaired) electrons. The Labute approximate surface area is 94.0 Å². The van der Waals surface area contributed by atoms with Gasteiger partial charge in [-0.05, 0) is 38.2 Å². The Morgan fingerprint density at radius 3 is 2.80 bits per heavy atom. The Morgan fingerprint density at radius 1 is 1.27 bits per heavy atom. The molecule has 1 unspecified atom stereocenters. The van der Waals surface area contributed by atoms with E-state index in [1.165, 1.54) is 9.75 Å². The summed E-state index contributed by atoms with van der Waals surface area (Å²) in [4.78, 5) is 6.91. The molecule has 0 saturated carbocycles. The van der Waals surface area contributed by atoms with Crippen molar-refractivity contribution in [1.29, 1.82) is 0 Å². The van der Waals surface area contributed by atoms with Gasteiger partial charge in [-0.2, -0.15) is 0 Å². The summed E-state index contributed by atoms with van der Waals surface area (Å²) in [5.41, 5.74) is 1.05. The molecular formula is C12H14N2S. The molecule has 0 amide bonds. The molecule has 1 N–H and O–H groups in total. The van der Waals surface area contributed by atoms with E-state index in [2.05, 4.69) is 29.4 Å². The first kappa shape index (κ1) is 10.3. The van der Waals surface area contributed by atoms with Crippen LogP contribution in [-0.4, -0.2) is 12.0 Å². The molecule has 2 aromatic heterocycles. The van der Waals surface area contributed by atoms with E-state index in [1.54, 1.807) is 11.3 Å². The molecule has 0 fully saturated rings. The lowest BCUT2D eigenvalue weighted by molar-refractivity contribution is 0.664. The van der Waals surface area contributed by atoms with Crippen molar-refractivity contribution >= 4 is 11.3 Å². The number of hydrogen-bond donors (Lipinski definition) is 1. The fourth-order valence-electron chi connectivity index (χ4n) is 1.37. The molecule has 0 saturated heterocycles. The van der Waals surface area contributed by atoms with Crippen LogP contribution in [0, 0.1) is 0 Å². The summed E-state index contributed by atoms with van der Waals surface area (Å²) in [5, 5.41) is 3.24. The zero-order valence-corrected chi connectivity index (χ0v) is 9.71. The van der Waals surface area contributed by atoms with Crippen LogP contribution in [0.1, 0.15) is 17.8 Å². The molecule has 0 bridgehead atoms. The number of thiophene rings is 1. The maximum atomic E-state index is 4.34. The first-order valence-electron chi connectivity index (χ1n) is 4.99. The molecule has 2 nitrogen and oxygen atoms in total. The summed E-state index contributed by atoms with van der Waals surface area (Å²) in [6.07, 6.45) is 1.83. The normalized spacial score (nSPS) is 12.7.